The van der Waals surface area contributed by atoms with E-state index in [1.54, 1.807) is 32.9 Å². The molecule has 8 heteroatoms. The third-order valence-corrected chi connectivity index (χ3v) is 6.35. The van der Waals surface area contributed by atoms with E-state index in [0.717, 1.165) is 11.1 Å². The van der Waals surface area contributed by atoms with Crippen LogP contribution in [0.5, 0.6) is 0 Å². The number of hydrogen-bond donors (Lipinski definition) is 0. The van der Waals surface area contributed by atoms with E-state index in [1.807, 2.05) is 37.3 Å². The van der Waals surface area contributed by atoms with Crippen LogP contribution >= 0.6 is 0 Å². The smallest absolute Gasteiger partial charge is 0.410 e. The molecule has 1 amide bonds. The molecule has 32 heavy (non-hydrogen) atoms. The van der Waals surface area contributed by atoms with Crippen LogP contribution in [-0.4, -0.2) is 50.3 Å². The summed E-state index contributed by atoms with van der Waals surface area (Å²) in [6.45, 7) is 7.79. The summed E-state index contributed by atoms with van der Waals surface area (Å²) in [6, 6.07) is 15.7. The fourth-order valence-corrected chi connectivity index (χ4v) is 4.37. The number of likely N-dealkylation sites (tertiary alicyclic amines) is 1. The maximum Gasteiger partial charge on any atom is 0.410 e. The molecule has 2 aromatic rings. The summed E-state index contributed by atoms with van der Waals surface area (Å²) >= 11 is 0. The van der Waals surface area contributed by atoms with Crippen LogP contribution in [-0.2, 0) is 30.4 Å². The second-order valence-electron chi connectivity index (χ2n) is 8.99. The second kappa shape index (κ2) is 10.0. The minimum Gasteiger partial charge on any atom is -0.444 e. The Balaban J connectivity index is 1.68. The molecule has 0 N–H and O–H groups in total. The molecule has 0 radical (unpaired) electrons. The quantitative estimate of drug-likeness (QED) is 0.572. The van der Waals surface area contributed by atoms with Gasteiger partial charge in [-0.1, -0.05) is 48.0 Å². The van der Waals surface area contributed by atoms with E-state index < -0.39 is 27.9 Å². The molecule has 1 aliphatic rings. The average molecular weight is 462 g/mol. The number of carbonyl (C=O) groups is 1. The molecule has 0 aliphatic carbocycles. The van der Waals surface area contributed by atoms with Crippen LogP contribution in [0.3, 0.4) is 0 Å². The number of rotatable bonds is 7. The van der Waals surface area contributed by atoms with Gasteiger partial charge < -0.3 is 14.4 Å². The van der Waals surface area contributed by atoms with E-state index in [1.165, 1.54) is 17.0 Å². The van der Waals surface area contributed by atoms with Crippen molar-refractivity contribution in [2.75, 3.05) is 13.2 Å². The van der Waals surface area contributed by atoms with Crippen molar-refractivity contribution >= 4 is 16.2 Å². The van der Waals surface area contributed by atoms with Gasteiger partial charge in [-0.05, 0) is 51.8 Å². The summed E-state index contributed by atoms with van der Waals surface area (Å²) in [5, 5.41) is 0. The summed E-state index contributed by atoms with van der Waals surface area (Å²) in [7, 11) is -3.94. The number of hydrogen-bond acceptors (Lipinski definition) is 6. The lowest BCUT2D eigenvalue weighted by molar-refractivity contribution is 0.0128. The summed E-state index contributed by atoms with van der Waals surface area (Å²) < 4.78 is 42.1. The third-order valence-electron chi connectivity index (χ3n) is 5.06. The molecule has 2 atom stereocenters. The molecule has 0 unspecified atom stereocenters. The zero-order chi connectivity index (χ0) is 23.4. The molecule has 1 heterocycles. The molecule has 0 spiro atoms. The predicted molar refractivity (Wildman–Crippen MR) is 121 cm³/mol. The van der Waals surface area contributed by atoms with Gasteiger partial charge in [0.25, 0.3) is 10.1 Å². The van der Waals surface area contributed by atoms with Crippen molar-refractivity contribution in [3.05, 3.63) is 65.7 Å². The molecule has 0 saturated carbocycles. The van der Waals surface area contributed by atoms with Crippen LogP contribution in [0.4, 0.5) is 4.79 Å². The molecule has 7 nitrogen and oxygen atoms in total. The standard InChI is InChI=1S/C24H31NO6S/c1-18-10-12-22(13-11-18)32(27,28)30-17-20-14-21(29-16-19-8-6-5-7-9-19)15-25(20)23(26)31-24(2,3)4/h5-13,20-21H,14-17H2,1-4H3/t20-,21-/m0/s1. The lowest BCUT2D eigenvalue weighted by Crippen LogP contribution is -2.42. The van der Waals surface area contributed by atoms with Gasteiger partial charge in [0.2, 0.25) is 0 Å². The van der Waals surface area contributed by atoms with Crippen LogP contribution in [0.1, 0.15) is 38.3 Å². The maximum atomic E-state index is 12.8. The zero-order valence-electron chi connectivity index (χ0n) is 19.0. The Hall–Kier alpha value is -2.42. The lowest BCUT2D eigenvalue weighted by atomic mass is 10.2. The van der Waals surface area contributed by atoms with Crippen molar-refractivity contribution in [1.82, 2.24) is 4.90 Å². The molecule has 1 aliphatic heterocycles. The largest absolute Gasteiger partial charge is 0.444 e. The molecule has 1 fully saturated rings. The number of aryl methyl sites for hydroxylation is 1. The molecular weight excluding hydrogens is 430 g/mol. The SMILES string of the molecule is Cc1ccc(S(=O)(=O)OC[C@@H]2C[C@H](OCc3ccccc3)CN2C(=O)OC(C)(C)C)cc1. The van der Waals surface area contributed by atoms with E-state index in [4.69, 9.17) is 13.7 Å². The van der Waals surface area contributed by atoms with E-state index in [9.17, 15) is 13.2 Å². The molecule has 0 aromatic heterocycles. The highest BCUT2D eigenvalue weighted by atomic mass is 32.2. The van der Waals surface area contributed by atoms with E-state index in [-0.39, 0.29) is 17.6 Å². The number of benzene rings is 2. The van der Waals surface area contributed by atoms with Crippen LogP contribution in [0, 0.1) is 6.92 Å². The first-order chi connectivity index (χ1) is 15.0. The summed E-state index contributed by atoms with van der Waals surface area (Å²) in [6.07, 6.45) is -0.307. The Labute approximate surface area is 190 Å². The fourth-order valence-electron chi connectivity index (χ4n) is 3.43. The number of carbonyl (C=O) groups excluding carboxylic acids is 1. The first-order valence-corrected chi connectivity index (χ1v) is 12.1. The Morgan fingerprint density at radius 2 is 1.72 bits per heavy atom. The van der Waals surface area contributed by atoms with Gasteiger partial charge >= 0.3 is 6.09 Å². The average Bonchev–Trinajstić information content (AvgIpc) is 3.14. The highest BCUT2D eigenvalue weighted by molar-refractivity contribution is 7.86. The molecular formula is C24H31NO6S. The number of amides is 1. The van der Waals surface area contributed by atoms with Gasteiger partial charge in [0.1, 0.15) is 5.60 Å². The topological polar surface area (TPSA) is 82.1 Å². The van der Waals surface area contributed by atoms with Crippen molar-refractivity contribution in [2.24, 2.45) is 0 Å². The van der Waals surface area contributed by atoms with Gasteiger partial charge in [0, 0.05) is 0 Å². The summed E-state index contributed by atoms with van der Waals surface area (Å²) in [4.78, 5) is 14.4. The predicted octanol–water partition coefficient (Wildman–Crippen LogP) is 4.30. The van der Waals surface area contributed by atoms with Crippen LogP contribution < -0.4 is 0 Å². The van der Waals surface area contributed by atoms with Crippen LogP contribution in [0.2, 0.25) is 0 Å². The van der Waals surface area contributed by atoms with Gasteiger partial charge in [0.15, 0.2) is 0 Å². The molecule has 174 valence electrons. The Bertz CT molecular complexity index is 999. The molecule has 2 aromatic carbocycles. The van der Waals surface area contributed by atoms with Crippen LogP contribution in [0.15, 0.2) is 59.5 Å². The molecule has 0 bridgehead atoms. The van der Waals surface area contributed by atoms with E-state index in [2.05, 4.69) is 0 Å². The lowest BCUT2D eigenvalue weighted by Gasteiger charge is -2.28. The first-order valence-electron chi connectivity index (χ1n) is 10.6. The minimum atomic E-state index is -3.94. The van der Waals surface area contributed by atoms with Gasteiger partial charge in [0.05, 0.1) is 36.8 Å². The highest BCUT2D eigenvalue weighted by Gasteiger charge is 2.39. The van der Waals surface area contributed by atoms with Crippen molar-refractivity contribution in [2.45, 2.75) is 63.4 Å². The highest BCUT2D eigenvalue weighted by Crippen LogP contribution is 2.26. The normalized spacial score (nSPS) is 19.2. The van der Waals surface area contributed by atoms with Gasteiger partial charge in [-0.15, -0.1) is 0 Å². The van der Waals surface area contributed by atoms with Crippen molar-refractivity contribution < 1.29 is 26.9 Å². The van der Waals surface area contributed by atoms with Gasteiger partial charge in [-0.3, -0.25) is 4.18 Å². The Morgan fingerprint density at radius 3 is 2.34 bits per heavy atom. The van der Waals surface area contributed by atoms with Gasteiger partial charge in [-0.25, -0.2) is 4.79 Å². The Kier molecular flexibility index (Phi) is 7.59. The third kappa shape index (κ3) is 6.79. The number of ether oxygens (including phenoxy) is 2. The fraction of sp³-hybridized carbons (Fsp3) is 0.458. The second-order valence-corrected chi connectivity index (χ2v) is 10.6. The maximum absolute atomic E-state index is 12.8. The first kappa shape index (κ1) is 24.2. The molecule has 1 saturated heterocycles. The van der Waals surface area contributed by atoms with Crippen molar-refractivity contribution in [3.63, 3.8) is 0 Å². The van der Waals surface area contributed by atoms with E-state index in [0.29, 0.717) is 19.6 Å². The minimum absolute atomic E-state index is 0.0850. The summed E-state index contributed by atoms with van der Waals surface area (Å²) in [5.74, 6) is 0. The Morgan fingerprint density at radius 1 is 1.06 bits per heavy atom. The van der Waals surface area contributed by atoms with Gasteiger partial charge in [-0.2, -0.15) is 8.42 Å². The zero-order valence-corrected chi connectivity index (χ0v) is 19.8. The molecule has 3 rings (SSSR count). The van der Waals surface area contributed by atoms with Crippen molar-refractivity contribution in [3.8, 4) is 0 Å². The summed E-state index contributed by atoms with van der Waals surface area (Å²) in [5.41, 5.74) is 1.31. The van der Waals surface area contributed by atoms with Crippen LogP contribution in [0.25, 0.3) is 0 Å². The monoisotopic (exact) mass is 461 g/mol. The van der Waals surface area contributed by atoms with Crippen molar-refractivity contribution in [1.29, 1.82) is 0 Å². The van der Waals surface area contributed by atoms with E-state index >= 15 is 0 Å². The number of nitrogens with zero attached hydrogens (tertiary/aromatic N) is 1.